The summed E-state index contributed by atoms with van der Waals surface area (Å²) in [7, 11) is 2.05. The summed E-state index contributed by atoms with van der Waals surface area (Å²) >= 11 is 8.63. The van der Waals surface area contributed by atoms with E-state index in [0.29, 0.717) is 11.1 Å². The van der Waals surface area contributed by atoms with E-state index in [2.05, 4.69) is 20.8 Å². The molecule has 2 rings (SSSR count). The molecule has 1 unspecified atom stereocenters. The molecule has 5 heteroatoms. The Labute approximate surface area is 121 Å². The summed E-state index contributed by atoms with van der Waals surface area (Å²) in [6, 6.07) is 5.99. The van der Waals surface area contributed by atoms with E-state index < -0.39 is 0 Å². The highest BCUT2D eigenvalue weighted by molar-refractivity contribution is 9.10. The fourth-order valence-corrected chi connectivity index (χ4v) is 3.18. The molecular weight excluding hydrogens is 312 g/mol. The molecule has 3 nitrogen and oxygen atoms in total. The molecule has 0 aliphatic carbocycles. The summed E-state index contributed by atoms with van der Waals surface area (Å²) in [5, 5.41) is 0. The van der Waals surface area contributed by atoms with Gasteiger partial charge in [0.25, 0.3) is 0 Å². The van der Waals surface area contributed by atoms with Crippen molar-refractivity contribution in [3.8, 4) is 0 Å². The topological polar surface area (TPSA) is 38.5 Å². The predicted molar refractivity (Wildman–Crippen MR) is 82.3 cm³/mol. The average molecular weight is 329 g/mol. The van der Waals surface area contributed by atoms with Gasteiger partial charge in [-0.25, -0.2) is 0 Å². The van der Waals surface area contributed by atoms with Crippen molar-refractivity contribution in [1.29, 1.82) is 0 Å². The average Bonchev–Trinajstić information content (AvgIpc) is 2.80. The largest absolute Gasteiger partial charge is 0.389 e. The quantitative estimate of drug-likeness (QED) is 0.862. The molecule has 0 amide bonds. The molecule has 1 fully saturated rings. The third-order valence-corrected chi connectivity index (χ3v) is 4.02. The number of thiocarbonyl (C=S) groups is 1. The third kappa shape index (κ3) is 3.02. The minimum absolute atomic E-state index is 0.313. The van der Waals surface area contributed by atoms with Gasteiger partial charge >= 0.3 is 0 Å². The van der Waals surface area contributed by atoms with E-state index >= 15 is 0 Å². The van der Waals surface area contributed by atoms with Crippen LogP contribution >= 0.6 is 28.1 Å². The highest BCUT2D eigenvalue weighted by atomic mass is 79.9. The molecule has 0 bridgehead atoms. The van der Waals surface area contributed by atoms with Crippen LogP contribution in [0, 0.1) is 0 Å². The highest BCUT2D eigenvalue weighted by Gasteiger charge is 2.20. The van der Waals surface area contributed by atoms with Crippen molar-refractivity contribution in [3.63, 3.8) is 0 Å². The van der Waals surface area contributed by atoms with Gasteiger partial charge in [-0.15, -0.1) is 0 Å². The molecule has 1 saturated heterocycles. The fraction of sp³-hybridized carbons (Fsp3) is 0.462. The van der Waals surface area contributed by atoms with Crippen LogP contribution in [0.4, 0.5) is 5.69 Å². The zero-order valence-electron chi connectivity index (χ0n) is 10.4. The van der Waals surface area contributed by atoms with Gasteiger partial charge in [0.15, 0.2) is 0 Å². The molecule has 0 radical (unpaired) electrons. The first-order chi connectivity index (χ1) is 8.59. The monoisotopic (exact) mass is 328 g/mol. The minimum Gasteiger partial charge on any atom is -0.389 e. The highest BCUT2D eigenvalue weighted by Crippen LogP contribution is 2.28. The Morgan fingerprint density at radius 1 is 1.61 bits per heavy atom. The van der Waals surface area contributed by atoms with E-state index in [1.165, 1.54) is 0 Å². The number of anilines is 1. The summed E-state index contributed by atoms with van der Waals surface area (Å²) in [5.41, 5.74) is 7.75. The molecule has 98 valence electrons. The lowest BCUT2D eigenvalue weighted by molar-refractivity contribution is 0.116. The second kappa shape index (κ2) is 5.99. The molecule has 1 aromatic rings. The molecular formula is C13H17BrN2OS. The van der Waals surface area contributed by atoms with Crippen LogP contribution in [0.5, 0.6) is 0 Å². The first-order valence-electron chi connectivity index (χ1n) is 6.00. The zero-order chi connectivity index (χ0) is 13.1. The summed E-state index contributed by atoms with van der Waals surface area (Å²) in [6.07, 6.45) is 2.59. The molecule has 1 aliphatic heterocycles. The van der Waals surface area contributed by atoms with Crippen LogP contribution < -0.4 is 10.6 Å². The number of ether oxygens (including phenoxy) is 1. The molecule has 1 atom stereocenters. The van der Waals surface area contributed by atoms with Crippen LogP contribution in [0.2, 0.25) is 0 Å². The first-order valence-corrected chi connectivity index (χ1v) is 7.20. The number of hydrogen-bond acceptors (Lipinski definition) is 3. The molecule has 1 heterocycles. The number of rotatable bonds is 4. The van der Waals surface area contributed by atoms with Crippen LogP contribution in [-0.4, -0.2) is 31.3 Å². The van der Waals surface area contributed by atoms with E-state index in [1.54, 1.807) is 0 Å². The molecule has 2 N–H and O–H groups in total. The Morgan fingerprint density at radius 3 is 3.00 bits per heavy atom. The van der Waals surface area contributed by atoms with Crippen molar-refractivity contribution in [1.82, 2.24) is 0 Å². The smallest absolute Gasteiger partial charge is 0.107 e. The Kier molecular flexibility index (Phi) is 4.59. The van der Waals surface area contributed by atoms with Crippen LogP contribution in [0.15, 0.2) is 22.7 Å². The summed E-state index contributed by atoms with van der Waals surface area (Å²) in [5.74, 6) is 0. The van der Waals surface area contributed by atoms with E-state index in [1.807, 2.05) is 25.2 Å². The van der Waals surface area contributed by atoms with Gasteiger partial charge in [0.2, 0.25) is 0 Å². The maximum Gasteiger partial charge on any atom is 0.107 e. The van der Waals surface area contributed by atoms with Crippen LogP contribution in [0.3, 0.4) is 0 Å². The number of likely N-dealkylation sites (N-methyl/N-ethyl adjacent to an activating group) is 1. The fourth-order valence-electron chi connectivity index (χ4n) is 2.27. The summed E-state index contributed by atoms with van der Waals surface area (Å²) in [4.78, 5) is 2.58. The lowest BCUT2D eigenvalue weighted by Gasteiger charge is -2.25. The van der Waals surface area contributed by atoms with Gasteiger partial charge in [-0.1, -0.05) is 18.3 Å². The molecule has 18 heavy (non-hydrogen) atoms. The van der Waals surface area contributed by atoms with Crippen molar-refractivity contribution in [2.45, 2.75) is 18.9 Å². The molecule has 1 aliphatic rings. The standard InChI is InChI=1S/C13H17BrN2OS/c1-16(8-9-4-3-7-17-9)11-6-2-5-10(14)12(11)13(15)18/h2,5-6,9H,3-4,7-8H2,1H3,(H2,15,18). The number of hydrogen-bond donors (Lipinski definition) is 1. The second-order valence-electron chi connectivity index (χ2n) is 4.51. The van der Waals surface area contributed by atoms with Crippen LogP contribution in [-0.2, 0) is 4.74 Å². The second-order valence-corrected chi connectivity index (χ2v) is 5.81. The number of benzene rings is 1. The maximum atomic E-state index is 5.80. The Morgan fingerprint density at radius 2 is 2.39 bits per heavy atom. The minimum atomic E-state index is 0.313. The SMILES string of the molecule is CN(CC1CCCO1)c1cccc(Br)c1C(N)=S. The van der Waals surface area contributed by atoms with Gasteiger partial charge < -0.3 is 15.4 Å². The van der Waals surface area contributed by atoms with Crippen LogP contribution in [0.25, 0.3) is 0 Å². The number of halogens is 1. The van der Waals surface area contributed by atoms with Gasteiger partial charge in [0.05, 0.1) is 6.10 Å². The van der Waals surface area contributed by atoms with Gasteiger partial charge in [-0.05, 0) is 40.9 Å². The van der Waals surface area contributed by atoms with E-state index in [4.69, 9.17) is 22.7 Å². The van der Waals surface area contributed by atoms with E-state index in [9.17, 15) is 0 Å². The van der Waals surface area contributed by atoms with E-state index in [-0.39, 0.29) is 0 Å². The molecule has 0 aromatic heterocycles. The Hall–Kier alpha value is -0.650. The summed E-state index contributed by atoms with van der Waals surface area (Å²) in [6.45, 7) is 1.74. The molecule has 1 aromatic carbocycles. The Bertz CT molecular complexity index is 447. The maximum absolute atomic E-state index is 5.80. The van der Waals surface area contributed by atoms with Crippen molar-refractivity contribution in [2.75, 3.05) is 25.1 Å². The lowest BCUT2D eigenvalue weighted by Crippen LogP contribution is -2.30. The summed E-state index contributed by atoms with van der Waals surface area (Å²) < 4.78 is 6.59. The van der Waals surface area contributed by atoms with Crippen molar-refractivity contribution >= 4 is 38.8 Å². The lowest BCUT2D eigenvalue weighted by atomic mass is 10.1. The Balaban J connectivity index is 2.20. The number of nitrogens with two attached hydrogens (primary N) is 1. The van der Waals surface area contributed by atoms with Gasteiger partial charge in [-0.2, -0.15) is 0 Å². The van der Waals surface area contributed by atoms with Gasteiger partial charge in [0, 0.05) is 35.9 Å². The normalized spacial score (nSPS) is 18.9. The molecule has 0 saturated carbocycles. The third-order valence-electron chi connectivity index (χ3n) is 3.15. The van der Waals surface area contributed by atoms with Crippen molar-refractivity contribution in [3.05, 3.63) is 28.2 Å². The van der Waals surface area contributed by atoms with Crippen molar-refractivity contribution < 1.29 is 4.74 Å². The first kappa shape index (κ1) is 13.8. The number of nitrogens with zero attached hydrogens (tertiary/aromatic N) is 1. The van der Waals surface area contributed by atoms with Crippen LogP contribution in [0.1, 0.15) is 18.4 Å². The van der Waals surface area contributed by atoms with Crippen molar-refractivity contribution in [2.24, 2.45) is 5.73 Å². The van der Waals surface area contributed by atoms with E-state index in [0.717, 1.165) is 41.7 Å². The van der Waals surface area contributed by atoms with Gasteiger partial charge in [0.1, 0.15) is 4.99 Å². The molecule has 0 spiro atoms. The zero-order valence-corrected chi connectivity index (χ0v) is 12.8. The van der Waals surface area contributed by atoms with Gasteiger partial charge in [-0.3, -0.25) is 0 Å². The predicted octanol–water partition coefficient (Wildman–Crippen LogP) is 2.70.